The maximum absolute atomic E-state index is 12.0. The van der Waals surface area contributed by atoms with E-state index in [2.05, 4.69) is 27.7 Å². The van der Waals surface area contributed by atoms with E-state index in [-0.39, 0.29) is 11.9 Å². The Morgan fingerprint density at radius 2 is 1.95 bits per heavy atom. The zero-order valence-electron chi connectivity index (χ0n) is 11.9. The van der Waals surface area contributed by atoms with Crippen LogP contribution in [0.4, 0.5) is 5.69 Å². The molecule has 20 heavy (non-hydrogen) atoms. The molecule has 4 heteroatoms. The van der Waals surface area contributed by atoms with E-state index in [4.69, 9.17) is 0 Å². The zero-order valence-corrected chi connectivity index (χ0v) is 11.9. The molecule has 0 spiro atoms. The van der Waals surface area contributed by atoms with Crippen molar-refractivity contribution in [3.63, 3.8) is 0 Å². The first-order valence-electron chi connectivity index (χ1n) is 7.67. The first-order valence-corrected chi connectivity index (χ1v) is 7.67. The van der Waals surface area contributed by atoms with Crippen LogP contribution < -0.4 is 10.6 Å². The lowest BCUT2D eigenvalue weighted by Crippen LogP contribution is -2.35. The van der Waals surface area contributed by atoms with Crippen molar-refractivity contribution in [2.75, 3.05) is 25.0 Å². The standard InChI is InChI=1S/C16H23N3O/c20-16(15-4-3-9-17-15)18-14-7-5-13(6-8-14)12-19-10-1-2-11-19/h5-8,15,17H,1-4,9-12H2,(H,18,20)/t15-/m1/s1. The third-order valence-corrected chi connectivity index (χ3v) is 4.20. The van der Waals surface area contributed by atoms with Crippen LogP contribution in [0.2, 0.25) is 0 Å². The van der Waals surface area contributed by atoms with Crippen molar-refractivity contribution in [3.05, 3.63) is 29.8 Å². The van der Waals surface area contributed by atoms with Gasteiger partial charge in [-0.1, -0.05) is 12.1 Å². The Labute approximate surface area is 120 Å². The summed E-state index contributed by atoms with van der Waals surface area (Å²) in [6.07, 6.45) is 4.68. The first-order chi connectivity index (χ1) is 9.81. The van der Waals surface area contributed by atoms with Crippen molar-refractivity contribution in [2.45, 2.75) is 38.3 Å². The van der Waals surface area contributed by atoms with Gasteiger partial charge < -0.3 is 10.6 Å². The van der Waals surface area contributed by atoms with Crippen LogP contribution in [0.15, 0.2) is 24.3 Å². The van der Waals surface area contributed by atoms with Crippen molar-refractivity contribution in [2.24, 2.45) is 0 Å². The SMILES string of the molecule is O=C(Nc1ccc(CN2CCCC2)cc1)[C@H]1CCCN1. The highest BCUT2D eigenvalue weighted by molar-refractivity contribution is 5.95. The van der Waals surface area contributed by atoms with Gasteiger partial charge in [0.1, 0.15) is 0 Å². The second-order valence-corrected chi connectivity index (χ2v) is 5.82. The van der Waals surface area contributed by atoms with Gasteiger partial charge in [0.2, 0.25) is 5.91 Å². The lowest BCUT2D eigenvalue weighted by molar-refractivity contribution is -0.117. The molecule has 0 radical (unpaired) electrons. The van der Waals surface area contributed by atoms with Crippen LogP contribution in [0.5, 0.6) is 0 Å². The molecule has 0 saturated carbocycles. The van der Waals surface area contributed by atoms with Crippen LogP contribution in [0, 0.1) is 0 Å². The van der Waals surface area contributed by atoms with Gasteiger partial charge in [0, 0.05) is 12.2 Å². The number of rotatable bonds is 4. The van der Waals surface area contributed by atoms with Crippen molar-refractivity contribution >= 4 is 11.6 Å². The number of anilines is 1. The van der Waals surface area contributed by atoms with Crippen LogP contribution in [-0.4, -0.2) is 36.5 Å². The van der Waals surface area contributed by atoms with Crippen LogP contribution in [0.1, 0.15) is 31.2 Å². The Morgan fingerprint density at radius 1 is 1.20 bits per heavy atom. The highest BCUT2D eigenvalue weighted by atomic mass is 16.2. The largest absolute Gasteiger partial charge is 0.325 e. The molecule has 4 nitrogen and oxygen atoms in total. The minimum absolute atomic E-state index is 0.0146. The summed E-state index contributed by atoms with van der Waals surface area (Å²) < 4.78 is 0. The van der Waals surface area contributed by atoms with E-state index in [1.807, 2.05) is 12.1 Å². The predicted molar refractivity (Wildman–Crippen MR) is 80.6 cm³/mol. The summed E-state index contributed by atoms with van der Waals surface area (Å²) in [6, 6.07) is 8.25. The fourth-order valence-electron chi connectivity index (χ4n) is 3.03. The smallest absolute Gasteiger partial charge is 0.241 e. The van der Waals surface area contributed by atoms with E-state index in [9.17, 15) is 4.79 Å². The molecule has 1 amide bonds. The summed E-state index contributed by atoms with van der Waals surface area (Å²) in [7, 11) is 0. The number of nitrogens with zero attached hydrogens (tertiary/aromatic N) is 1. The Hall–Kier alpha value is -1.39. The number of carbonyl (C=O) groups excluding carboxylic acids is 1. The van der Waals surface area contributed by atoms with E-state index in [0.29, 0.717) is 0 Å². The summed E-state index contributed by atoms with van der Waals surface area (Å²) >= 11 is 0. The van der Waals surface area contributed by atoms with Gasteiger partial charge in [0.05, 0.1) is 6.04 Å². The molecule has 2 fully saturated rings. The van der Waals surface area contributed by atoms with Crippen molar-refractivity contribution in [1.29, 1.82) is 0 Å². The summed E-state index contributed by atoms with van der Waals surface area (Å²) in [5, 5.41) is 6.21. The van der Waals surface area contributed by atoms with Gasteiger partial charge in [-0.3, -0.25) is 9.69 Å². The molecule has 0 bridgehead atoms. The van der Waals surface area contributed by atoms with Gasteiger partial charge in [0.25, 0.3) is 0 Å². The Bertz CT molecular complexity index is 445. The number of benzene rings is 1. The van der Waals surface area contributed by atoms with Crippen molar-refractivity contribution in [3.8, 4) is 0 Å². The number of carbonyl (C=O) groups is 1. The lowest BCUT2D eigenvalue weighted by Gasteiger charge is -2.15. The molecule has 2 aliphatic heterocycles. The molecule has 2 N–H and O–H groups in total. The van der Waals surface area contributed by atoms with E-state index < -0.39 is 0 Å². The maximum atomic E-state index is 12.0. The van der Waals surface area contributed by atoms with Crippen molar-refractivity contribution < 1.29 is 4.79 Å². The summed E-state index contributed by atoms with van der Waals surface area (Å²) in [5.41, 5.74) is 2.22. The minimum atomic E-state index is -0.0146. The molecule has 1 aromatic carbocycles. The normalized spacial score (nSPS) is 23.1. The van der Waals surface area contributed by atoms with Crippen LogP contribution in [0.25, 0.3) is 0 Å². The molecular formula is C16H23N3O. The molecule has 1 aromatic rings. The molecule has 0 unspecified atom stereocenters. The molecule has 3 rings (SSSR count). The van der Waals surface area contributed by atoms with E-state index in [1.54, 1.807) is 0 Å². The first kappa shape index (κ1) is 13.6. The second kappa shape index (κ2) is 6.37. The minimum Gasteiger partial charge on any atom is -0.325 e. The van der Waals surface area contributed by atoms with Gasteiger partial charge in [-0.25, -0.2) is 0 Å². The Balaban J connectivity index is 1.53. The van der Waals surface area contributed by atoms with E-state index in [1.165, 1.54) is 31.5 Å². The number of likely N-dealkylation sites (tertiary alicyclic amines) is 1. The molecule has 108 valence electrons. The maximum Gasteiger partial charge on any atom is 0.241 e. The Morgan fingerprint density at radius 3 is 2.60 bits per heavy atom. The highest BCUT2D eigenvalue weighted by Gasteiger charge is 2.21. The summed E-state index contributed by atoms with van der Waals surface area (Å²) in [5.74, 6) is 0.0924. The number of hydrogen-bond acceptors (Lipinski definition) is 3. The molecule has 1 atom stereocenters. The third-order valence-electron chi connectivity index (χ3n) is 4.20. The van der Waals surface area contributed by atoms with Gasteiger partial charge in [-0.05, 0) is 63.0 Å². The van der Waals surface area contributed by atoms with E-state index in [0.717, 1.165) is 31.6 Å². The predicted octanol–water partition coefficient (Wildman–Crippen LogP) is 1.97. The van der Waals surface area contributed by atoms with Gasteiger partial charge in [-0.2, -0.15) is 0 Å². The highest BCUT2D eigenvalue weighted by Crippen LogP contribution is 2.16. The van der Waals surface area contributed by atoms with Gasteiger partial charge in [0.15, 0.2) is 0 Å². The monoisotopic (exact) mass is 273 g/mol. The molecule has 2 aliphatic rings. The molecule has 0 aromatic heterocycles. The fraction of sp³-hybridized carbons (Fsp3) is 0.562. The van der Waals surface area contributed by atoms with Crippen LogP contribution >= 0.6 is 0 Å². The molecule has 0 aliphatic carbocycles. The zero-order chi connectivity index (χ0) is 13.8. The molecular weight excluding hydrogens is 250 g/mol. The molecule has 2 saturated heterocycles. The second-order valence-electron chi connectivity index (χ2n) is 5.82. The number of amides is 1. The lowest BCUT2D eigenvalue weighted by atomic mass is 10.1. The average Bonchev–Trinajstić information content (AvgIpc) is 3.13. The summed E-state index contributed by atoms with van der Waals surface area (Å²) in [4.78, 5) is 14.5. The van der Waals surface area contributed by atoms with Crippen molar-refractivity contribution in [1.82, 2.24) is 10.2 Å². The Kier molecular flexibility index (Phi) is 4.33. The van der Waals surface area contributed by atoms with E-state index >= 15 is 0 Å². The fourth-order valence-corrected chi connectivity index (χ4v) is 3.03. The van der Waals surface area contributed by atoms with Crippen LogP contribution in [-0.2, 0) is 11.3 Å². The summed E-state index contributed by atoms with van der Waals surface area (Å²) in [6.45, 7) is 4.41. The number of nitrogens with one attached hydrogen (secondary N) is 2. The van der Waals surface area contributed by atoms with Gasteiger partial charge in [-0.15, -0.1) is 0 Å². The number of hydrogen-bond donors (Lipinski definition) is 2. The topological polar surface area (TPSA) is 44.4 Å². The average molecular weight is 273 g/mol. The van der Waals surface area contributed by atoms with Gasteiger partial charge >= 0.3 is 0 Å². The quantitative estimate of drug-likeness (QED) is 0.881. The van der Waals surface area contributed by atoms with Crippen LogP contribution in [0.3, 0.4) is 0 Å². The molecule has 2 heterocycles. The third kappa shape index (κ3) is 3.38.